The standard InChI is InChI=1S/C11H15N3O3S/c1-7-5-13(8(2)4-12-7)11(15)9-3-10(14(16)17)18-6-9/h3,6-8,12H,4-5H2,1-2H3. The van der Waals surface area contributed by atoms with Gasteiger partial charge in [-0.2, -0.15) is 0 Å². The number of thiophene rings is 1. The SMILES string of the molecule is CC1CN(C(=O)c2csc([N+](=O)[O-])c2)C(C)CN1. The number of hydrogen-bond donors (Lipinski definition) is 1. The molecule has 2 rings (SSSR count). The van der Waals surface area contributed by atoms with E-state index in [1.54, 1.807) is 10.3 Å². The molecule has 7 heteroatoms. The van der Waals surface area contributed by atoms with Gasteiger partial charge in [-0.1, -0.05) is 11.3 Å². The van der Waals surface area contributed by atoms with Gasteiger partial charge in [-0.25, -0.2) is 0 Å². The number of carbonyl (C=O) groups is 1. The molecule has 0 spiro atoms. The summed E-state index contributed by atoms with van der Waals surface area (Å²) in [5.41, 5.74) is 0.410. The average molecular weight is 269 g/mol. The smallest absolute Gasteiger partial charge is 0.324 e. The number of nitro groups is 1. The van der Waals surface area contributed by atoms with Crippen LogP contribution in [0.4, 0.5) is 5.00 Å². The van der Waals surface area contributed by atoms with E-state index in [0.717, 1.165) is 17.9 Å². The summed E-state index contributed by atoms with van der Waals surface area (Å²) in [5.74, 6) is -0.125. The second kappa shape index (κ2) is 5.03. The Bertz CT molecular complexity index is 474. The van der Waals surface area contributed by atoms with Gasteiger partial charge in [0.15, 0.2) is 0 Å². The maximum Gasteiger partial charge on any atom is 0.324 e. The van der Waals surface area contributed by atoms with E-state index in [2.05, 4.69) is 5.32 Å². The fraction of sp³-hybridized carbons (Fsp3) is 0.545. The lowest BCUT2D eigenvalue weighted by molar-refractivity contribution is -0.380. The quantitative estimate of drug-likeness (QED) is 0.651. The topological polar surface area (TPSA) is 75.5 Å². The van der Waals surface area contributed by atoms with E-state index in [-0.39, 0.29) is 23.0 Å². The molecule has 2 atom stereocenters. The highest BCUT2D eigenvalue weighted by Gasteiger charge is 2.28. The van der Waals surface area contributed by atoms with Crippen LogP contribution in [0.15, 0.2) is 11.4 Å². The van der Waals surface area contributed by atoms with Gasteiger partial charge in [0.1, 0.15) is 0 Å². The molecule has 98 valence electrons. The van der Waals surface area contributed by atoms with Crippen LogP contribution in [0.5, 0.6) is 0 Å². The van der Waals surface area contributed by atoms with E-state index in [1.165, 1.54) is 6.07 Å². The van der Waals surface area contributed by atoms with Gasteiger partial charge in [0.25, 0.3) is 5.91 Å². The summed E-state index contributed by atoms with van der Waals surface area (Å²) >= 11 is 0.990. The van der Waals surface area contributed by atoms with Crippen LogP contribution in [0.1, 0.15) is 24.2 Å². The van der Waals surface area contributed by atoms with Crippen LogP contribution in [-0.2, 0) is 0 Å². The van der Waals surface area contributed by atoms with E-state index in [4.69, 9.17) is 0 Å². The zero-order chi connectivity index (χ0) is 13.3. The van der Waals surface area contributed by atoms with E-state index in [1.807, 2.05) is 13.8 Å². The molecule has 1 aromatic rings. The Morgan fingerprint density at radius 3 is 2.94 bits per heavy atom. The lowest BCUT2D eigenvalue weighted by Crippen LogP contribution is -2.56. The molecule has 1 saturated heterocycles. The minimum atomic E-state index is -0.467. The molecule has 0 aliphatic carbocycles. The second-order valence-electron chi connectivity index (χ2n) is 4.55. The first-order valence-electron chi connectivity index (χ1n) is 5.76. The number of piperazine rings is 1. The largest absolute Gasteiger partial charge is 0.333 e. The molecule has 2 heterocycles. The Kier molecular flexibility index (Phi) is 3.63. The molecule has 1 N–H and O–H groups in total. The van der Waals surface area contributed by atoms with Crippen LogP contribution in [0, 0.1) is 10.1 Å². The predicted octanol–water partition coefficient (Wildman–Crippen LogP) is 1.48. The van der Waals surface area contributed by atoms with Crippen molar-refractivity contribution >= 4 is 22.2 Å². The molecular formula is C11H15N3O3S. The summed E-state index contributed by atoms with van der Waals surface area (Å²) in [6, 6.07) is 1.71. The maximum absolute atomic E-state index is 12.3. The lowest BCUT2D eigenvalue weighted by atomic mass is 10.1. The van der Waals surface area contributed by atoms with Gasteiger partial charge < -0.3 is 10.2 Å². The molecule has 0 saturated carbocycles. The first kappa shape index (κ1) is 13.0. The van der Waals surface area contributed by atoms with Crippen LogP contribution >= 0.6 is 11.3 Å². The first-order valence-corrected chi connectivity index (χ1v) is 6.64. The highest BCUT2D eigenvalue weighted by atomic mass is 32.1. The Morgan fingerprint density at radius 2 is 2.33 bits per heavy atom. The monoisotopic (exact) mass is 269 g/mol. The van der Waals surface area contributed by atoms with E-state index >= 15 is 0 Å². The number of nitrogens with one attached hydrogen (secondary N) is 1. The number of carbonyl (C=O) groups excluding carboxylic acids is 1. The van der Waals surface area contributed by atoms with Gasteiger partial charge in [0.2, 0.25) is 0 Å². The molecule has 1 amide bonds. The third-order valence-electron chi connectivity index (χ3n) is 3.04. The van der Waals surface area contributed by atoms with Crippen molar-refractivity contribution in [1.82, 2.24) is 10.2 Å². The van der Waals surface area contributed by atoms with Crippen molar-refractivity contribution in [3.05, 3.63) is 27.1 Å². The van der Waals surface area contributed by atoms with E-state index in [9.17, 15) is 14.9 Å². The Hall–Kier alpha value is -1.47. The van der Waals surface area contributed by atoms with Crippen molar-refractivity contribution in [2.75, 3.05) is 13.1 Å². The third-order valence-corrected chi connectivity index (χ3v) is 3.92. The molecule has 1 aromatic heterocycles. The van der Waals surface area contributed by atoms with Crippen molar-refractivity contribution in [2.24, 2.45) is 0 Å². The van der Waals surface area contributed by atoms with Gasteiger partial charge in [-0.3, -0.25) is 14.9 Å². The summed E-state index contributed by atoms with van der Waals surface area (Å²) in [7, 11) is 0. The van der Waals surface area contributed by atoms with Gasteiger partial charge in [0.05, 0.1) is 10.5 Å². The van der Waals surface area contributed by atoms with Gasteiger partial charge in [-0.05, 0) is 13.8 Å². The Labute approximate surface area is 109 Å². The summed E-state index contributed by atoms with van der Waals surface area (Å²) in [6.45, 7) is 5.36. The molecule has 0 bridgehead atoms. The zero-order valence-corrected chi connectivity index (χ0v) is 11.1. The van der Waals surface area contributed by atoms with Crippen LogP contribution in [-0.4, -0.2) is 40.9 Å². The highest BCUT2D eigenvalue weighted by molar-refractivity contribution is 7.13. The minimum Gasteiger partial charge on any atom is -0.333 e. The summed E-state index contributed by atoms with van der Waals surface area (Å²) < 4.78 is 0. The van der Waals surface area contributed by atoms with Crippen LogP contribution < -0.4 is 5.32 Å². The van der Waals surface area contributed by atoms with E-state index < -0.39 is 4.92 Å². The fourth-order valence-corrected chi connectivity index (χ4v) is 2.70. The van der Waals surface area contributed by atoms with Gasteiger partial charge >= 0.3 is 5.00 Å². The Balaban J connectivity index is 2.16. The Morgan fingerprint density at radius 1 is 1.61 bits per heavy atom. The van der Waals surface area contributed by atoms with Gasteiger partial charge in [0, 0.05) is 36.6 Å². The van der Waals surface area contributed by atoms with Crippen molar-refractivity contribution in [2.45, 2.75) is 25.9 Å². The highest BCUT2D eigenvalue weighted by Crippen LogP contribution is 2.24. The van der Waals surface area contributed by atoms with Crippen LogP contribution in [0.3, 0.4) is 0 Å². The summed E-state index contributed by atoms with van der Waals surface area (Å²) in [6.07, 6.45) is 0. The minimum absolute atomic E-state index is 0.00851. The van der Waals surface area contributed by atoms with Crippen LogP contribution in [0.2, 0.25) is 0 Å². The van der Waals surface area contributed by atoms with Crippen molar-refractivity contribution in [3.63, 3.8) is 0 Å². The average Bonchev–Trinajstić information content (AvgIpc) is 2.81. The second-order valence-corrected chi connectivity index (χ2v) is 5.44. The molecule has 18 heavy (non-hydrogen) atoms. The number of hydrogen-bond acceptors (Lipinski definition) is 5. The van der Waals surface area contributed by atoms with Crippen molar-refractivity contribution in [3.8, 4) is 0 Å². The zero-order valence-electron chi connectivity index (χ0n) is 10.3. The molecule has 0 radical (unpaired) electrons. The number of nitrogens with zero attached hydrogens (tertiary/aromatic N) is 2. The van der Waals surface area contributed by atoms with Crippen LogP contribution in [0.25, 0.3) is 0 Å². The van der Waals surface area contributed by atoms with Gasteiger partial charge in [-0.15, -0.1) is 0 Å². The predicted molar refractivity (Wildman–Crippen MR) is 68.9 cm³/mol. The summed E-state index contributed by atoms with van der Waals surface area (Å²) in [5, 5.41) is 15.5. The molecule has 0 aromatic carbocycles. The molecule has 2 unspecified atom stereocenters. The molecule has 6 nitrogen and oxygen atoms in total. The molecular weight excluding hydrogens is 254 g/mol. The van der Waals surface area contributed by atoms with Crippen molar-refractivity contribution < 1.29 is 9.72 Å². The normalized spacial score (nSPS) is 24.0. The molecule has 1 aliphatic rings. The molecule has 1 fully saturated rings. The van der Waals surface area contributed by atoms with E-state index in [0.29, 0.717) is 12.1 Å². The molecule has 1 aliphatic heterocycles. The van der Waals surface area contributed by atoms with Crippen molar-refractivity contribution in [1.29, 1.82) is 0 Å². The first-order chi connectivity index (χ1) is 8.49. The summed E-state index contributed by atoms with van der Waals surface area (Å²) in [4.78, 5) is 24.2. The maximum atomic E-state index is 12.3. The number of rotatable bonds is 2. The fourth-order valence-electron chi connectivity index (χ4n) is 2.00. The third kappa shape index (κ3) is 2.51. The number of amides is 1. The lowest BCUT2D eigenvalue weighted by Gasteiger charge is -2.37.